The first kappa shape index (κ1) is 17.3. The maximum Gasteiger partial charge on any atom is 0.326 e. The number of carbonyl (C=O) groups excluding carboxylic acids is 2. The predicted molar refractivity (Wildman–Crippen MR) is 90.5 cm³/mol. The van der Waals surface area contributed by atoms with Crippen molar-refractivity contribution in [3.63, 3.8) is 0 Å². The number of carboxylic acids is 1. The molecule has 2 heterocycles. The second kappa shape index (κ2) is 6.38. The van der Waals surface area contributed by atoms with Gasteiger partial charge in [-0.25, -0.2) is 4.79 Å². The van der Waals surface area contributed by atoms with Crippen LogP contribution in [0.1, 0.15) is 33.1 Å². The molecule has 0 radical (unpaired) electrons. The first-order valence-electron chi connectivity index (χ1n) is 8.43. The number of aliphatic carboxylic acids is 1. The van der Waals surface area contributed by atoms with Crippen LogP contribution in [-0.2, 0) is 14.4 Å². The molecule has 0 aliphatic carbocycles. The Labute approximate surface area is 146 Å². The van der Waals surface area contributed by atoms with Gasteiger partial charge in [-0.3, -0.25) is 9.59 Å². The summed E-state index contributed by atoms with van der Waals surface area (Å²) in [5.74, 6) is -0.821. The molecule has 134 valence electrons. The lowest BCUT2D eigenvalue weighted by Gasteiger charge is -2.38. The number of rotatable bonds is 4. The van der Waals surface area contributed by atoms with E-state index in [4.69, 9.17) is 4.74 Å². The van der Waals surface area contributed by atoms with E-state index >= 15 is 0 Å². The smallest absolute Gasteiger partial charge is 0.326 e. The third-order valence-electron chi connectivity index (χ3n) is 4.69. The van der Waals surface area contributed by atoms with Crippen LogP contribution in [0.15, 0.2) is 24.3 Å². The van der Waals surface area contributed by atoms with E-state index in [1.165, 1.54) is 4.90 Å². The van der Waals surface area contributed by atoms with Crippen LogP contribution >= 0.6 is 0 Å². The lowest BCUT2D eigenvalue weighted by Crippen LogP contribution is -2.53. The Bertz CT molecular complexity index is 715. The van der Waals surface area contributed by atoms with Crippen molar-refractivity contribution in [1.29, 1.82) is 0 Å². The van der Waals surface area contributed by atoms with Gasteiger partial charge in [0.25, 0.3) is 5.91 Å². The van der Waals surface area contributed by atoms with Gasteiger partial charge in [-0.15, -0.1) is 0 Å². The zero-order valence-corrected chi connectivity index (χ0v) is 14.4. The minimum Gasteiger partial charge on any atom is -0.480 e. The molecular formula is C18H22N2O5. The standard InChI is InChI=1S/C18H22N2O5/c1-18(2)17(24)20(12-6-3-4-8-14(12)25-18)11-9-15(21)19-10-5-7-13(19)16(22)23/h3-4,6,8,13H,5,7,9-11H2,1-2H3,(H,22,23). The van der Waals surface area contributed by atoms with Crippen LogP contribution in [0.2, 0.25) is 0 Å². The number of benzene rings is 1. The molecule has 3 rings (SSSR count). The van der Waals surface area contributed by atoms with Crippen molar-refractivity contribution in [2.24, 2.45) is 0 Å². The molecule has 0 spiro atoms. The van der Waals surface area contributed by atoms with E-state index in [2.05, 4.69) is 0 Å². The van der Waals surface area contributed by atoms with Gasteiger partial charge >= 0.3 is 5.97 Å². The van der Waals surface area contributed by atoms with Crippen LogP contribution in [0.3, 0.4) is 0 Å². The molecule has 25 heavy (non-hydrogen) atoms. The number of hydrogen-bond donors (Lipinski definition) is 1. The summed E-state index contributed by atoms with van der Waals surface area (Å²) < 4.78 is 5.75. The monoisotopic (exact) mass is 346 g/mol. The Morgan fingerprint density at radius 3 is 2.76 bits per heavy atom. The number of carboxylic acid groups (broad SMARTS) is 1. The topological polar surface area (TPSA) is 87.2 Å². The third kappa shape index (κ3) is 3.18. The Balaban J connectivity index is 1.75. The summed E-state index contributed by atoms with van der Waals surface area (Å²) >= 11 is 0. The third-order valence-corrected chi connectivity index (χ3v) is 4.69. The molecule has 1 unspecified atom stereocenters. The highest BCUT2D eigenvalue weighted by Gasteiger charge is 2.41. The summed E-state index contributed by atoms with van der Waals surface area (Å²) in [6, 6.07) is 6.46. The summed E-state index contributed by atoms with van der Waals surface area (Å²) in [4.78, 5) is 39.4. The number of para-hydroxylation sites is 2. The summed E-state index contributed by atoms with van der Waals surface area (Å²) in [6.45, 7) is 4.04. The number of anilines is 1. The Morgan fingerprint density at radius 2 is 2.04 bits per heavy atom. The minimum absolute atomic E-state index is 0.0833. The van der Waals surface area contributed by atoms with Crippen molar-refractivity contribution in [2.45, 2.75) is 44.8 Å². The predicted octanol–water partition coefficient (Wildman–Crippen LogP) is 1.66. The van der Waals surface area contributed by atoms with Crippen LogP contribution < -0.4 is 9.64 Å². The highest BCUT2D eigenvalue weighted by Crippen LogP contribution is 2.37. The molecule has 2 aliphatic heterocycles. The van der Waals surface area contributed by atoms with Gasteiger partial charge in [-0.05, 0) is 38.8 Å². The second-order valence-corrected chi connectivity index (χ2v) is 6.87. The van der Waals surface area contributed by atoms with E-state index in [0.717, 1.165) is 0 Å². The molecule has 0 aromatic heterocycles. The molecule has 1 aromatic carbocycles. The highest BCUT2D eigenvalue weighted by atomic mass is 16.5. The second-order valence-electron chi connectivity index (χ2n) is 6.87. The van der Waals surface area contributed by atoms with Gasteiger partial charge in [-0.2, -0.15) is 0 Å². The fourth-order valence-corrected chi connectivity index (χ4v) is 3.41. The van der Waals surface area contributed by atoms with Gasteiger partial charge in [0.2, 0.25) is 5.91 Å². The first-order chi connectivity index (χ1) is 11.8. The molecule has 0 bridgehead atoms. The van der Waals surface area contributed by atoms with Crippen molar-refractivity contribution >= 4 is 23.5 Å². The average molecular weight is 346 g/mol. The largest absolute Gasteiger partial charge is 0.480 e. The molecule has 7 nitrogen and oxygen atoms in total. The van der Waals surface area contributed by atoms with Gasteiger partial charge in [0.15, 0.2) is 5.60 Å². The molecule has 2 amide bonds. The number of nitrogens with zero attached hydrogens (tertiary/aromatic N) is 2. The van der Waals surface area contributed by atoms with Crippen LogP contribution in [0, 0.1) is 0 Å². The number of hydrogen-bond acceptors (Lipinski definition) is 4. The van der Waals surface area contributed by atoms with Gasteiger partial charge < -0.3 is 19.6 Å². The van der Waals surface area contributed by atoms with Crippen LogP contribution in [0.5, 0.6) is 5.75 Å². The number of likely N-dealkylation sites (tertiary alicyclic amines) is 1. The van der Waals surface area contributed by atoms with E-state index in [1.54, 1.807) is 30.9 Å². The SMILES string of the molecule is CC1(C)Oc2ccccc2N(CCC(=O)N2CCCC2C(=O)O)C1=O. The van der Waals surface area contributed by atoms with Gasteiger partial charge in [0.1, 0.15) is 11.8 Å². The van der Waals surface area contributed by atoms with Crippen LogP contribution in [0.4, 0.5) is 5.69 Å². The minimum atomic E-state index is -1.01. The lowest BCUT2D eigenvalue weighted by atomic mass is 10.0. The number of ether oxygens (including phenoxy) is 1. The quantitative estimate of drug-likeness (QED) is 0.896. The molecular weight excluding hydrogens is 324 g/mol. The van der Waals surface area contributed by atoms with Gasteiger partial charge in [0, 0.05) is 19.5 Å². The highest BCUT2D eigenvalue weighted by molar-refractivity contribution is 6.02. The first-order valence-corrected chi connectivity index (χ1v) is 8.43. The Kier molecular flexibility index (Phi) is 4.41. The maximum atomic E-state index is 12.7. The lowest BCUT2D eigenvalue weighted by molar-refractivity contribution is -0.148. The Morgan fingerprint density at radius 1 is 1.32 bits per heavy atom. The summed E-state index contributed by atoms with van der Waals surface area (Å²) in [5, 5.41) is 9.22. The average Bonchev–Trinajstić information content (AvgIpc) is 3.05. The normalized spacial score (nSPS) is 21.7. The number of amides is 2. The molecule has 1 saturated heterocycles. The molecule has 2 aliphatic rings. The van der Waals surface area contributed by atoms with Crippen molar-refractivity contribution in [1.82, 2.24) is 4.90 Å². The van der Waals surface area contributed by atoms with Crippen molar-refractivity contribution < 1.29 is 24.2 Å². The van der Waals surface area contributed by atoms with E-state index in [-0.39, 0.29) is 24.8 Å². The van der Waals surface area contributed by atoms with E-state index in [1.807, 2.05) is 12.1 Å². The molecule has 1 N–H and O–H groups in total. The number of fused-ring (bicyclic) bond motifs is 1. The van der Waals surface area contributed by atoms with E-state index in [0.29, 0.717) is 30.8 Å². The Hall–Kier alpha value is -2.57. The van der Waals surface area contributed by atoms with E-state index in [9.17, 15) is 19.5 Å². The molecule has 7 heteroatoms. The summed E-state index contributed by atoms with van der Waals surface area (Å²) in [5.41, 5.74) is -0.370. The zero-order valence-electron chi connectivity index (χ0n) is 14.4. The van der Waals surface area contributed by atoms with E-state index < -0.39 is 17.6 Å². The fourth-order valence-electron chi connectivity index (χ4n) is 3.41. The summed E-state index contributed by atoms with van der Waals surface area (Å²) in [7, 11) is 0. The van der Waals surface area contributed by atoms with Crippen molar-refractivity contribution in [2.75, 3.05) is 18.0 Å². The molecule has 1 fully saturated rings. The number of carbonyl (C=O) groups is 3. The van der Waals surface area contributed by atoms with Crippen LogP contribution in [-0.4, -0.2) is 52.5 Å². The van der Waals surface area contributed by atoms with Gasteiger partial charge in [0.05, 0.1) is 5.69 Å². The summed E-state index contributed by atoms with van der Waals surface area (Å²) in [6.07, 6.45) is 1.25. The molecule has 0 saturated carbocycles. The molecule has 1 atom stereocenters. The van der Waals surface area contributed by atoms with Gasteiger partial charge in [-0.1, -0.05) is 12.1 Å². The van der Waals surface area contributed by atoms with Crippen LogP contribution in [0.25, 0.3) is 0 Å². The van der Waals surface area contributed by atoms with Crippen molar-refractivity contribution in [3.8, 4) is 5.75 Å². The van der Waals surface area contributed by atoms with Crippen molar-refractivity contribution in [3.05, 3.63) is 24.3 Å². The zero-order chi connectivity index (χ0) is 18.2. The maximum absolute atomic E-state index is 12.7. The fraction of sp³-hybridized carbons (Fsp3) is 0.500. The molecule has 1 aromatic rings.